The Balaban J connectivity index is 1.34. The second-order valence-electron chi connectivity index (χ2n) is 6.95. The molecule has 8 heteroatoms. The molecule has 2 amide bonds. The summed E-state index contributed by atoms with van der Waals surface area (Å²) in [6.07, 6.45) is 5.21. The third-order valence-corrected chi connectivity index (χ3v) is 6.05. The highest BCUT2D eigenvalue weighted by Crippen LogP contribution is 2.26. The highest BCUT2D eigenvalue weighted by Gasteiger charge is 2.25. The number of amides is 2. The van der Waals surface area contributed by atoms with Gasteiger partial charge < -0.3 is 15.4 Å². The van der Waals surface area contributed by atoms with Crippen LogP contribution in [0, 0.1) is 6.92 Å². The van der Waals surface area contributed by atoms with Gasteiger partial charge in [0.15, 0.2) is 0 Å². The molecule has 1 aliphatic rings. The molecule has 6 nitrogen and oxygen atoms in total. The zero-order chi connectivity index (χ0) is 20.9. The smallest absolute Gasteiger partial charge is 0.254 e. The summed E-state index contributed by atoms with van der Waals surface area (Å²) in [5, 5.41) is 11.1. The Labute approximate surface area is 182 Å². The number of carbonyl (C=O) groups excluding carboxylic acids is 2. The van der Waals surface area contributed by atoms with Crippen LogP contribution in [0.5, 0.6) is 5.75 Å². The Morgan fingerprint density at radius 2 is 2.13 bits per heavy atom. The molecule has 0 atom stereocenters. The number of carbonyl (C=O) groups is 2. The van der Waals surface area contributed by atoms with Crippen molar-refractivity contribution in [3.05, 3.63) is 69.0 Å². The van der Waals surface area contributed by atoms with Crippen molar-refractivity contribution in [1.82, 2.24) is 10.3 Å². The van der Waals surface area contributed by atoms with Crippen LogP contribution in [-0.2, 0) is 11.4 Å². The van der Waals surface area contributed by atoms with E-state index in [0.29, 0.717) is 22.9 Å². The van der Waals surface area contributed by atoms with Gasteiger partial charge in [0.1, 0.15) is 17.4 Å². The lowest BCUT2D eigenvalue weighted by molar-refractivity contribution is -0.111. The fraction of sp³-hybridized carbons (Fsp3) is 0.227. The average molecular weight is 440 g/mol. The van der Waals surface area contributed by atoms with Gasteiger partial charge in [-0.15, -0.1) is 22.7 Å². The predicted octanol–water partition coefficient (Wildman–Crippen LogP) is 4.64. The van der Waals surface area contributed by atoms with E-state index in [9.17, 15) is 9.59 Å². The Bertz CT molecular complexity index is 1080. The number of aromatic nitrogens is 1. The summed E-state index contributed by atoms with van der Waals surface area (Å²) in [5.41, 5.74) is 2.24. The minimum atomic E-state index is -0.290. The fourth-order valence-electron chi connectivity index (χ4n) is 2.74. The van der Waals surface area contributed by atoms with Crippen LogP contribution in [-0.4, -0.2) is 22.8 Å². The Morgan fingerprint density at radius 3 is 2.90 bits per heavy atom. The van der Waals surface area contributed by atoms with E-state index in [0.717, 1.165) is 29.1 Å². The topological polar surface area (TPSA) is 80.3 Å². The molecule has 2 heterocycles. The SMILES string of the molecule is Cc1nc(COc2cccc(C=CC(=O)Nc3sccc3C(=O)NC3CC3)c2)cs1. The molecule has 0 radical (unpaired) electrons. The molecular formula is C22H21N3O3S2. The zero-order valence-corrected chi connectivity index (χ0v) is 18.0. The molecule has 0 saturated heterocycles. The normalized spacial score (nSPS) is 13.4. The van der Waals surface area contributed by atoms with Crippen molar-refractivity contribution in [1.29, 1.82) is 0 Å². The highest BCUT2D eigenvalue weighted by molar-refractivity contribution is 7.14. The lowest BCUT2D eigenvalue weighted by Crippen LogP contribution is -2.26. The van der Waals surface area contributed by atoms with Gasteiger partial charge in [-0.1, -0.05) is 12.1 Å². The highest BCUT2D eigenvalue weighted by atomic mass is 32.1. The van der Waals surface area contributed by atoms with Crippen LogP contribution in [0.1, 0.15) is 39.5 Å². The third-order valence-electron chi connectivity index (χ3n) is 4.40. The number of thiazole rings is 1. The zero-order valence-electron chi connectivity index (χ0n) is 16.4. The van der Waals surface area contributed by atoms with Crippen LogP contribution in [0.25, 0.3) is 6.08 Å². The maximum atomic E-state index is 12.3. The summed E-state index contributed by atoms with van der Waals surface area (Å²) in [7, 11) is 0. The van der Waals surface area contributed by atoms with Gasteiger partial charge in [-0.2, -0.15) is 0 Å². The van der Waals surface area contributed by atoms with Gasteiger partial charge in [-0.25, -0.2) is 4.98 Å². The molecule has 2 aromatic heterocycles. The van der Waals surface area contributed by atoms with Crippen LogP contribution in [0.3, 0.4) is 0 Å². The van der Waals surface area contributed by atoms with E-state index in [-0.39, 0.29) is 17.9 Å². The van der Waals surface area contributed by atoms with Crippen molar-refractivity contribution in [3.63, 3.8) is 0 Å². The Morgan fingerprint density at radius 1 is 1.27 bits per heavy atom. The first-order valence-electron chi connectivity index (χ1n) is 9.58. The molecule has 30 heavy (non-hydrogen) atoms. The number of anilines is 1. The number of aryl methyl sites for hydroxylation is 1. The molecule has 154 valence electrons. The van der Waals surface area contributed by atoms with Gasteiger partial charge in [0.25, 0.3) is 5.91 Å². The van der Waals surface area contributed by atoms with Crippen LogP contribution >= 0.6 is 22.7 Å². The minimum Gasteiger partial charge on any atom is -0.487 e. The third kappa shape index (κ3) is 5.55. The van der Waals surface area contributed by atoms with E-state index in [1.807, 2.05) is 36.6 Å². The summed E-state index contributed by atoms with van der Waals surface area (Å²) < 4.78 is 5.78. The Kier molecular flexibility index (Phi) is 6.25. The molecule has 3 aromatic rings. The van der Waals surface area contributed by atoms with Crippen molar-refractivity contribution in [2.75, 3.05) is 5.32 Å². The number of benzene rings is 1. The summed E-state index contributed by atoms with van der Waals surface area (Å²) in [4.78, 5) is 29.0. The number of hydrogen-bond donors (Lipinski definition) is 2. The largest absolute Gasteiger partial charge is 0.487 e. The lowest BCUT2D eigenvalue weighted by Gasteiger charge is -2.06. The first-order chi connectivity index (χ1) is 14.6. The first kappa shape index (κ1) is 20.3. The first-order valence-corrected chi connectivity index (χ1v) is 11.3. The average Bonchev–Trinajstić information content (AvgIpc) is 3.25. The monoisotopic (exact) mass is 439 g/mol. The van der Waals surface area contributed by atoms with Crippen molar-refractivity contribution >= 4 is 45.6 Å². The number of nitrogens with zero attached hydrogens (tertiary/aromatic N) is 1. The van der Waals surface area contributed by atoms with Gasteiger partial charge in [-0.05, 0) is 55.0 Å². The van der Waals surface area contributed by atoms with Crippen LogP contribution in [0.4, 0.5) is 5.00 Å². The fourth-order valence-corrected chi connectivity index (χ4v) is 4.13. The van der Waals surface area contributed by atoms with Gasteiger partial charge in [-0.3, -0.25) is 9.59 Å². The lowest BCUT2D eigenvalue weighted by atomic mass is 10.2. The van der Waals surface area contributed by atoms with Gasteiger partial charge in [0.05, 0.1) is 16.3 Å². The van der Waals surface area contributed by atoms with Crippen LogP contribution in [0.2, 0.25) is 0 Å². The number of rotatable bonds is 8. The molecular weight excluding hydrogens is 418 g/mol. The number of ether oxygens (including phenoxy) is 1. The van der Waals surface area contributed by atoms with E-state index in [2.05, 4.69) is 15.6 Å². The molecule has 0 unspecified atom stereocenters. The summed E-state index contributed by atoms with van der Waals surface area (Å²) in [5.74, 6) is 0.279. The second-order valence-corrected chi connectivity index (χ2v) is 8.93. The summed E-state index contributed by atoms with van der Waals surface area (Å²) in [6, 6.07) is 9.50. The van der Waals surface area contributed by atoms with Crippen molar-refractivity contribution < 1.29 is 14.3 Å². The van der Waals surface area contributed by atoms with E-state index >= 15 is 0 Å². The minimum absolute atomic E-state index is 0.141. The van der Waals surface area contributed by atoms with Crippen LogP contribution < -0.4 is 15.4 Å². The maximum absolute atomic E-state index is 12.3. The molecule has 2 N–H and O–H groups in total. The molecule has 1 fully saturated rings. The molecule has 0 aliphatic heterocycles. The predicted molar refractivity (Wildman–Crippen MR) is 120 cm³/mol. The van der Waals surface area contributed by atoms with Gasteiger partial charge in [0.2, 0.25) is 5.91 Å². The number of thiophene rings is 1. The molecule has 1 saturated carbocycles. The molecule has 4 rings (SSSR count). The molecule has 1 aromatic carbocycles. The van der Waals surface area contributed by atoms with E-state index in [1.54, 1.807) is 28.9 Å². The molecule has 0 bridgehead atoms. The van der Waals surface area contributed by atoms with Crippen LogP contribution in [0.15, 0.2) is 47.2 Å². The second kappa shape index (κ2) is 9.23. The number of hydrogen-bond acceptors (Lipinski definition) is 6. The maximum Gasteiger partial charge on any atom is 0.254 e. The van der Waals surface area contributed by atoms with Gasteiger partial charge >= 0.3 is 0 Å². The molecule has 1 aliphatic carbocycles. The number of nitrogens with one attached hydrogen (secondary N) is 2. The van der Waals surface area contributed by atoms with E-state index in [1.165, 1.54) is 17.4 Å². The summed E-state index contributed by atoms with van der Waals surface area (Å²) in [6.45, 7) is 2.37. The molecule has 0 spiro atoms. The van der Waals surface area contributed by atoms with E-state index in [4.69, 9.17) is 4.74 Å². The van der Waals surface area contributed by atoms with Crippen molar-refractivity contribution in [2.24, 2.45) is 0 Å². The standard InChI is InChI=1S/C22H21N3O3S2/c1-14-23-17(13-30-14)12-28-18-4-2-3-15(11-18)5-8-20(26)25-22-19(9-10-29-22)21(27)24-16-6-7-16/h2-5,8-11,13,16H,6-7,12H2,1H3,(H,24,27)(H,25,26). The quantitative estimate of drug-likeness (QED) is 0.501. The summed E-state index contributed by atoms with van der Waals surface area (Å²) >= 11 is 2.93. The van der Waals surface area contributed by atoms with Gasteiger partial charge in [0, 0.05) is 17.5 Å². The van der Waals surface area contributed by atoms with Crippen molar-refractivity contribution in [3.8, 4) is 5.75 Å². The Hall–Kier alpha value is -2.97. The van der Waals surface area contributed by atoms with E-state index < -0.39 is 0 Å². The van der Waals surface area contributed by atoms with Crippen molar-refractivity contribution in [2.45, 2.75) is 32.4 Å².